The lowest BCUT2D eigenvalue weighted by atomic mass is 10.2. The van der Waals surface area contributed by atoms with Crippen molar-refractivity contribution < 1.29 is 17.9 Å². The molecular weight excluding hydrogens is 405 g/mol. The molecular formula is C12H12BrCl2NO4S. The summed E-state index contributed by atoms with van der Waals surface area (Å²) in [5.41, 5.74) is 0.434. The molecule has 0 aromatic heterocycles. The zero-order valence-electron chi connectivity index (χ0n) is 11.0. The highest BCUT2D eigenvalue weighted by Crippen LogP contribution is 2.41. The number of anilines is 1. The van der Waals surface area contributed by atoms with Crippen LogP contribution in [0.3, 0.4) is 0 Å². The van der Waals surface area contributed by atoms with Crippen LogP contribution in [0.5, 0.6) is 5.75 Å². The summed E-state index contributed by atoms with van der Waals surface area (Å²) in [4.78, 5) is 13.4. The fourth-order valence-electron chi connectivity index (χ4n) is 2.13. The Kier molecular flexibility index (Phi) is 5.07. The number of amides is 1. The smallest absolute Gasteiger partial charge is 0.237 e. The molecule has 0 radical (unpaired) electrons. The summed E-state index contributed by atoms with van der Waals surface area (Å²) in [6.07, 6.45) is -0.151. The third-order valence-corrected chi connectivity index (χ3v) is 5.73. The van der Waals surface area contributed by atoms with E-state index in [1.54, 1.807) is 12.1 Å². The molecule has 1 saturated heterocycles. The van der Waals surface area contributed by atoms with Crippen LogP contribution < -0.4 is 9.64 Å². The van der Waals surface area contributed by atoms with Gasteiger partial charge < -0.3 is 9.64 Å². The van der Waals surface area contributed by atoms with Crippen LogP contribution in [0.2, 0.25) is 5.02 Å². The molecule has 1 unspecified atom stereocenters. The molecule has 0 saturated carbocycles. The highest BCUT2D eigenvalue weighted by molar-refractivity contribution is 9.10. The molecule has 1 fully saturated rings. The number of rotatable bonds is 4. The number of hydrogen-bond donors (Lipinski definition) is 0. The molecule has 1 heterocycles. The Balaban J connectivity index is 2.44. The van der Waals surface area contributed by atoms with E-state index in [4.69, 9.17) is 27.0 Å². The van der Waals surface area contributed by atoms with Gasteiger partial charge in [-0.05, 0) is 35.0 Å². The van der Waals surface area contributed by atoms with Gasteiger partial charge in [-0.25, -0.2) is 8.42 Å². The van der Waals surface area contributed by atoms with E-state index in [9.17, 15) is 13.2 Å². The first kappa shape index (κ1) is 16.9. The topological polar surface area (TPSA) is 63.7 Å². The number of benzene rings is 1. The molecule has 9 heteroatoms. The molecule has 2 rings (SSSR count). The first-order chi connectivity index (χ1) is 9.74. The molecule has 1 aliphatic heterocycles. The summed E-state index contributed by atoms with van der Waals surface area (Å²) in [5, 5.41) is -0.524. The van der Waals surface area contributed by atoms with Crippen LogP contribution in [0, 0.1) is 0 Å². The molecule has 1 aromatic carbocycles. The molecule has 0 N–H and O–H groups in total. The SMILES string of the molecule is CCOc1c(Br)cc(Cl)cc1N1CC(S(=O)(=O)Cl)CC1=O. The molecule has 116 valence electrons. The van der Waals surface area contributed by atoms with Crippen LogP contribution in [0.1, 0.15) is 13.3 Å². The summed E-state index contributed by atoms with van der Waals surface area (Å²) in [5.74, 6) is 0.113. The summed E-state index contributed by atoms with van der Waals surface area (Å²) in [7, 11) is 1.55. The van der Waals surface area contributed by atoms with E-state index in [1.165, 1.54) is 4.90 Å². The first-order valence-corrected chi connectivity index (χ1v) is 9.64. The quantitative estimate of drug-likeness (QED) is 0.707. The Labute approximate surface area is 140 Å². The standard InChI is InChI=1S/C12H12BrCl2NO4S/c1-2-20-12-9(13)3-7(14)4-10(12)16-6-8(5-11(16)17)21(15,18)19/h3-4,8H,2,5-6H2,1H3. The Hall–Kier alpha value is -0.500. The van der Waals surface area contributed by atoms with E-state index in [1.807, 2.05) is 6.92 Å². The molecule has 5 nitrogen and oxygen atoms in total. The second-order valence-corrected chi connectivity index (χ2v) is 8.67. The maximum atomic E-state index is 12.1. The van der Waals surface area contributed by atoms with Crippen LogP contribution in [0.15, 0.2) is 16.6 Å². The van der Waals surface area contributed by atoms with Gasteiger partial charge in [0, 0.05) is 28.7 Å². The molecule has 0 aliphatic carbocycles. The molecule has 0 bridgehead atoms. The molecule has 0 spiro atoms. The first-order valence-electron chi connectivity index (χ1n) is 6.09. The largest absolute Gasteiger partial charge is 0.490 e. The van der Waals surface area contributed by atoms with E-state index < -0.39 is 14.3 Å². The van der Waals surface area contributed by atoms with Gasteiger partial charge in [-0.3, -0.25) is 4.79 Å². The van der Waals surface area contributed by atoms with E-state index in [0.29, 0.717) is 27.5 Å². The second-order valence-electron chi connectivity index (χ2n) is 4.47. The monoisotopic (exact) mass is 415 g/mol. The third-order valence-electron chi connectivity index (χ3n) is 3.06. The van der Waals surface area contributed by atoms with Crippen molar-refractivity contribution in [3.8, 4) is 5.75 Å². The minimum absolute atomic E-state index is 0.0163. The average molecular weight is 417 g/mol. The van der Waals surface area contributed by atoms with Gasteiger partial charge in [-0.15, -0.1) is 0 Å². The number of halogens is 3. The Morgan fingerprint density at radius 1 is 1.48 bits per heavy atom. The lowest BCUT2D eigenvalue weighted by molar-refractivity contribution is -0.117. The lowest BCUT2D eigenvalue weighted by Gasteiger charge is -2.21. The fourth-order valence-corrected chi connectivity index (χ4v) is 4.07. The molecule has 21 heavy (non-hydrogen) atoms. The van der Waals surface area contributed by atoms with E-state index in [-0.39, 0.29) is 18.9 Å². The van der Waals surface area contributed by atoms with Crippen LogP contribution in [-0.2, 0) is 13.8 Å². The second kappa shape index (κ2) is 6.32. The van der Waals surface area contributed by atoms with Crippen molar-refractivity contribution in [2.45, 2.75) is 18.6 Å². The highest BCUT2D eigenvalue weighted by Gasteiger charge is 2.39. The predicted molar refractivity (Wildman–Crippen MR) is 85.9 cm³/mol. The van der Waals surface area contributed by atoms with Gasteiger partial charge in [-0.1, -0.05) is 11.6 Å². The number of hydrogen-bond acceptors (Lipinski definition) is 4. The Morgan fingerprint density at radius 3 is 2.67 bits per heavy atom. The van der Waals surface area contributed by atoms with Crippen molar-refractivity contribution in [3.63, 3.8) is 0 Å². The maximum absolute atomic E-state index is 12.1. The Bertz CT molecular complexity index is 680. The van der Waals surface area contributed by atoms with Crippen LogP contribution in [-0.4, -0.2) is 32.7 Å². The summed E-state index contributed by atoms with van der Waals surface area (Å²) in [6, 6.07) is 3.21. The minimum atomic E-state index is -3.80. The third kappa shape index (κ3) is 3.64. The van der Waals surface area contributed by atoms with Gasteiger partial charge in [0.2, 0.25) is 15.0 Å². The van der Waals surface area contributed by atoms with Crippen molar-refractivity contribution in [2.75, 3.05) is 18.1 Å². The van der Waals surface area contributed by atoms with Crippen molar-refractivity contribution in [1.82, 2.24) is 0 Å². The maximum Gasteiger partial charge on any atom is 0.237 e. The van der Waals surface area contributed by atoms with Crippen LogP contribution in [0.4, 0.5) is 5.69 Å². The molecule has 1 atom stereocenters. The van der Waals surface area contributed by atoms with Crippen molar-refractivity contribution >= 4 is 58.9 Å². The van der Waals surface area contributed by atoms with Gasteiger partial charge in [-0.2, -0.15) is 0 Å². The van der Waals surface area contributed by atoms with Gasteiger partial charge in [0.1, 0.15) is 5.25 Å². The summed E-state index contributed by atoms with van der Waals surface area (Å²) < 4.78 is 29.0. The predicted octanol–water partition coefficient (Wildman–Crippen LogP) is 3.18. The Morgan fingerprint density at radius 2 is 2.14 bits per heavy atom. The van der Waals surface area contributed by atoms with Crippen molar-refractivity contribution in [2.24, 2.45) is 0 Å². The molecule has 1 aliphatic rings. The van der Waals surface area contributed by atoms with E-state index in [2.05, 4.69) is 15.9 Å². The number of nitrogens with zero attached hydrogens (tertiary/aromatic N) is 1. The summed E-state index contributed by atoms with van der Waals surface area (Å²) >= 11 is 9.34. The fraction of sp³-hybridized carbons (Fsp3) is 0.417. The average Bonchev–Trinajstić information content (AvgIpc) is 2.74. The number of carbonyl (C=O) groups excluding carboxylic acids is 1. The van der Waals surface area contributed by atoms with Gasteiger partial charge in [0.15, 0.2) is 5.75 Å². The number of carbonyl (C=O) groups is 1. The van der Waals surface area contributed by atoms with Crippen LogP contribution in [0.25, 0.3) is 0 Å². The van der Waals surface area contributed by atoms with Crippen LogP contribution >= 0.6 is 38.2 Å². The van der Waals surface area contributed by atoms with Crippen molar-refractivity contribution in [1.29, 1.82) is 0 Å². The zero-order valence-corrected chi connectivity index (χ0v) is 14.9. The van der Waals surface area contributed by atoms with E-state index >= 15 is 0 Å². The summed E-state index contributed by atoms with van der Waals surface area (Å²) in [6.45, 7) is 2.19. The zero-order chi connectivity index (χ0) is 15.8. The molecule has 1 amide bonds. The lowest BCUT2D eigenvalue weighted by Crippen LogP contribution is -2.27. The van der Waals surface area contributed by atoms with E-state index in [0.717, 1.165) is 0 Å². The van der Waals surface area contributed by atoms with Gasteiger partial charge in [0.05, 0.1) is 16.8 Å². The van der Waals surface area contributed by atoms with Gasteiger partial charge >= 0.3 is 0 Å². The number of ether oxygens (including phenoxy) is 1. The highest BCUT2D eigenvalue weighted by atomic mass is 79.9. The minimum Gasteiger partial charge on any atom is -0.490 e. The normalized spacial score (nSPS) is 19.1. The van der Waals surface area contributed by atoms with Crippen molar-refractivity contribution in [3.05, 3.63) is 21.6 Å². The molecule has 1 aromatic rings. The van der Waals surface area contributed by atoms with Gasteiger partial charge in [0.25, 0.3) is 0 Å².